The molecule has 1 aliphatic rings. The normalized spacial score (nSPS) is 22.3. The molecular formula is C15H20F2N2O2. The summed E-state index contributed by atoms with van der Waals surface area (Å²) in [5.74, 6) is -1.10. The van der Waals surface area contributed by atoms with Crippen LogP contribution < -0.4 is 5.32 Å². The molecule has 2 atom stereocenters. The summed E-state index contributed by atoms with van der Waals surface area (Å²) in [6, 6.07) is 1.43. The maximum Gasteiger partial charge on any atom is 0.298 e. The maximum absolute atomic E-state index is 13.9. The first-order valence-corrected chi connectivity index (χ1v) is 7.30. The second kappa shape index (κ2) is 6.37. The van der Waals surface area contributed by atoms with Crippen LogP contribution in [0.25, 0.3) is 0 Å². The number of benzene rings is 1. The molecule has 0 bridgehead atoms. The first kappa shape index (κ1) is 15.7. The summed E-state index contributed by atoms with van der Waals surface area (Å²) in [5, 5.41) is 14.0. The molecule has 0 radical (unpaired) electrons. The summed E-state index contributed by atoms with van der Waals surface area (Å²) in [7, 11) is 0. The van der Waals surface area contributed by atoms with Gasteiger partial charge in [0.05, 0.1) is 11.0 Å². The van der Waals surface area contributed by atoms with Gasteiger partial charge in [-0.05, 0) is 24.7 Å². The third-order valence-electron chi connectivity index (χ3n) is 4.24. The van der Waals surface area contributed by atoms with Crippen molar-refractivity contribution in [2.45, 2.75) is 45.6 Å². The van der Waals surface area contributed by atoms with E-state index in [1.165, 1.54) is 0 Å². The van der Waals surface area contributed by atoms with Crippen LogP contribution in [0.2, 0.25) is 0 Å². The van der Waals surface area contributed by atoms with Gasteiger partial charge in [-0.1, -0.05) is 26.7 Å². The minimum Gasteiger partial charge on any atom is -0.374 e. The molecule has 0 aromatic heterocycles. The molecule has 1 N–H and O–H groups in total. The molecule has 1 fully saturated rings. The van der Waals surface area contributed by atoms with E-state index in [9.17, 15) is 18.9 Å². The Morgan fingerprint density at radius 2 is 1.95 bits per heavy atom. The molecule has 6 heteroatoms. The fourth-order valence-electron chi connectivity index (χ4n) is 3.17. The number of nitrogens with zero attached hydrogens (tertiary/aromatic N) is 1. The van der Waals surface area contributed by atoms with E-state index in [1.54, 1.807) is 0 Å². The SMILES string of the molecule is CC(C)C1CCCCC1Nc1c(F)cc(F)cc1[N+](=O)[O-]. The molecule has 1 aromatic rings. The summed E-state index contributed by atoms with van der Waals surface area (Å²) in [5.41, 5.74) is -0.737. The first-order valence-electron chi connectivity index (χ1n) is 7.30. The second-order valence-electron chi connectivity index (χ2n) is 5.98. The van der Waals surface area contributed by atoms with Crippen LogP contribution in [0.15, 0.2) is 12.1 Å². The van der Waals surface area contributed by atoms with Gasteiger partial charge in [-0.3, -0.25) is 10.1 Å². The number of nitro benzene ring substituents is 1. The van der Waals surface area contributed by atoms with Crippen molar-refractivity contribution >= 4 is 11.4 Å². The van der Waals surface area contributed by atoms with E-state index < -0.39 is 22.2 Å². The Bertz CT molecular complexity index is 535. The van der Waals surface area contributed by atoms with Crippen LogP contribution in [-0.4, -0.2) is 11.0 Å². The monoisotopic (exact) mass is 298 g/mol. The van der Waals surface area contributed by atoms with Crippen LogP contribution in [0.5, 0.6) is 0 Å². The standard InChI is InChI=1S/C15H20F2N2O2/c1-9(2)11-5-3-4-6-13(11)18-15-12(17)7-10(16)8-14(15)19(20)21/h7-9,11,13,18H,3-6H2,1-2H3. The summed E-state index contributed by atoms with van der Waals surface area (Å²) in [6.07, 6.45) is 4.00. The van der Waals surface area contributed by atoms with Gasteiger partial charge in [-0.15, -0.1) is 0 Å². The van der Waals surface area contributed by atoms with Crippen molar-refractivity contribution in [2.75, 3.05) is 5.32 Å². The van der Waals surface area contributed by atoms with Crippen LogP contribution in [0.1, 0.15) is 39.5 Å². The fraction of sp³-hybridized carbons (Fsp3) is 0.600. The molecule has 0 spiro atoms. The van der Waals surface area contributed by atoms with E-state index in [-0.39, 0.29) is 11.7 Å². The Labute approximate surface area is 122 Å². The van der Waals surface area contributed by atoms with Crippen LogP contribution in [0.3, 0.4) is 0 Å². The third-order valence-corrected chi connectivity index (χ3v) is 4.24. The lowest BCUT2D eigenvalue weighted by molar-refractivity contribution is -0.384. The minimum absolute atomic E-state index is 0.0163. The van der Waals surface area contributed by atoms with Gasteiger partial charge in [0.15, 0.2) is 5.82 Å². The predicted molar refractivity (Wildman–Crippen MR) is 77.2 cm³/mol. The smallest absolute Gasteiger partial charge is 0.298 e. The van der Waals surface area contributed by atoms with Gasteiger partial charge in [-0.25, -0.2) is 8.78 Å². The van der Waals surface area contributed by atoms with Crippen molar-refractivity contribution in [1.29, 1.82) is 0 Å². The predicted octanol–water partition coefficient (Wildman–Crippen LogP) is 4.50. The topological polar surface area (TPSA) is 55.2 Å². The molecule has 0 saturated heterocycles. The summed E-state index contributed by atoms with van der Waals surface area (Å²) in [6.45, 7) is 4.19. The van der Waals surface area contributed by atoms with Crippen LogP contribution >= 0.6 is 0 Å². The highest BCUT2D eigenvalue weighted by molar-refractivity contribution is 5.63. The quantitative estimate of drug-likeness (QED) is 0.657. The average molecular weight is 298 g/mol. The number of rotatable bonds is 4. The van der Waals surface area contributed by atoms with Gasteiger partial charge in [0, 0.05) is 12.1 Å². The zero-order valence-electron chi connectivity index (χ0n) is 12.2. The highest BCUT2D eigenvalue weighted by atomic mass is 19.1. The molecule has 1 aromatic carbocycles. The molecule has 0 amide bonds. The van der Waals surface area contributed by atoms with Gasteiger partial charge in [-0.2, -0.15) is 0 Å². The lowest BCUT2D eigenvalue weighted by Gasteiger charge is -2.35. The van der Waals surface area contributed by atoms with Crippen LogP contribution in [-0.2, 0) is 0 Å². The number of nitro groups is 1. The Morgan fingerprint density at radius 1 is 1.29 bits per heavy atom. The Kier molecular flexibility index (Phi) is 4.75. The van der Waals surface area contributed by atoms with E-state index >= 15 is 0 Å². The number of anilines is 1. The van der Waals surface area contributed by atoms with Crippen molar-refractivity contribution in [1.82, 2.24) is 0 Å². The molecule has 0 aliphatic heterocycles. The average Bonchev–Trinajstić information content (AvgIpc) is 2.41. The van der Waals surface area contributed by atoms with Gasteiger partial charge >= 0.3 is 0 Å². The zero-order valence-corrected chi connectivity index (χ0v) is 12.2. The van der Waals surface area contributed by atoms with Gasteiger partial charge in [0.2, 0.25) is 0 Å². The van der Waals surface area contributed by atoms with E-state index in [1.807, 2.05) is 0 Å². The lowest BCUT2D eigenvalue weighted by atomic mass is 9.77. The molecule has 0 heterocycles. The van der Waals surface area contributed by atoms with E-state index in [2.05, 4.69) is 19.2 Å². The number of nitrogens with one attached hydrogen (secondary N) is 1. The highest BCUT2D eigenvalue weighted by Crippen LogP contribution is 2.36. The van der Waals surface area contributed by atoms with E-state index in [4.69, 9.17) is 0 Å². The molecule has 2 unspecified atom stereocenters. The number of hydrogen-bond acceptors (Lipinski definition) is 3. The molecule has 1 saturated carbocycles. The first-order chi connectivity index (χ1) is 9.90. The summed E-state index contributed by atoms with van der Waals surface area (Å²) in [4.78, 5) is 10.3. The van der Waals surface area contributed by atoms with E-state index in [0.717, 1.165) is 31.7 Å². The lowest BCUT2D eigenvalue weighted by Crippen LogP contribution is -2.35. The van der Waals surface area contributed by atoms with Crippen molar-refractivity contribution in [2.24, 2.45) is 11.8 Å². The Hall–Kier alpha value is -1.72. The van der Waals surface area contributed by atoms with Crippen LogP contribution in [0, 0.1) is 33.6 Å². The maximum atomic E-state index is 13.9. The molecule has 21 heavy (non-hydrogen) atoms. The highest BCUT2D eigenvalue weighted by Gasteiger charge is 2.30. The van der Waals surface area contributed by atoms with Crippen molar-refractivity contribution in [3.8, 4) is 0 Å². The molecular weight excluding hydrogens is 278 g/mol. The van der Waals surface area contributed by atoms with Crippen molar-refractivity contribution < 1.29 is 13.7 Å². The zero-order chi connectivity index (χ0) is 15.6. The Balaban J connectivity index is 2.31. The fourth-order valence-corrected chi connectivity index (χ4v) is 3.17. The van der Waals surface area contributed by atoms with Gasteiger partial charge < -0.3 is 5.32 Å². The molecule has 2 rings (SSSR count). The summed E-state index contributed by atoms with van der Waals surface area (Å²) < 4.78 is 27.1. The molecule has 116 valence electrons. The third kappa shape index (κ3) is 3.49. The van der Waals surface area contributed by atoms with Crippen molar-refractivity contribution in [3.63, 3.8) is 0 Å². The van der Waals surface area contributed by atoms with Gasteiger partial charge in [0.25, 0.3) is 5.69 Å². The Morgan fingerprint density at radius 3 is 2.57 bits per heavy atom. The van der Waals surface area contributed by atoms with Gasteiger partial charge in [0.1, 0.15) is 11.5 Å². The molecule has 4 nitrogen and oxygen atoms in total. The second-order valence-corrected chi connectivity index (χ2v) is 5.98. The number of hydrogen-bond donors (Lipinski definition) is 1. The largest absolute Gasteiger partial charge is 0.374 e. The summed E-state index contributed by atoms with van der Waals surface area (Å²) >= 11 is 0. The van der Waals surface area contributed by atoms with Crippen molar-refractivity contribution in [3.05, 3.63) is 33.9 Å². The minimum atomic E-state index is -0.936. The van der Waals surface area contributed by atoms with Crippen LogP contribution in [0.4, 0.5) is 20.2 Å². The van der Waals surface area contributed by atoms with E-state index in [0.29, 0.717) is 17.9 Å². The number of halogens is 2. The molecule has 1 aliphatic carbocycles.